The van der Waals surface area contributed by atoms with E-state index < -0.39 is 11.5 Å². The molecule has 1 aromatic heterocycles. The molecule has 1 saturated heterocycles. The number of fused-ring (bicyclic) bond motifs is 6. The first-order valence-corrected chi connectivity index (χ1v) is 16.8. The van der Waals surface area contributed by atoms with Crippen molar-refractivity contribution < 1.29 is 24.2 Å². The zero-order chi connectivity index (χ0) is 30.0. The van der Waals surface area contributed by atoms with Gasteiger partial charge in [0.1, 0.15) is 5.78 Å². The predicted octanol–water partition coefficient (Wildman–Crippen LogP) is 6.91. The zero-order valence-corrected chi connectivity index (χ0v) is 27.5. The van der Waals surface area contributed by atoms with Gasteiger partial charge < -0.3 is 14.6 Å². The maximum Gasteiger partial charge on any atom is 0.367 e. The molecule has 9 atom stereocenters. The van der Waals surface area contributed by atoms with Crippen LogP contribution in [0.2, 0.25) is 0 Å². The Balaban J connectivity index is 1.41. The first-order valence-electron chi connectivity index (χ1n) is 16.0. The van der Waals surface area contributed by atoms with E-state index in [1.54, 1.807) is 0 Å². The highest BCUT2D eigenvalue weighted by molar-refractivity contribution is 7.13. The van der Waals surface area contributed by atoms with Crippen molar-refractivity contribution in [1.29, 1.82) is 0 Å². The number of carbonyl (C=O) groups is 2. The number of aliphatic hydroxyl groups is 1. The second-order valence-electron chi connectivity index (χ2n) is 16.4. The van der Waals surface area contributed by atoms with Gasteiger partial charge in [-0.25, -0.2) is 9.78 Å². The van der Waals surface area contributed by atoms with E-state index in [-0.39, 0.29) is 57.1 Å². The van der Waals surface area contributed by atoms with Crippen molar-refractivity contribution in [2.45, 2.75) is 136 Å². The van der Waals surface area contributed by atoms with Crippen LogP contribution in [0, 0.1) is 39.9 Å². The topological polar surface area (TPSA) is 85.7 Å². The Labute approximate surface area is 250 Å². The number of carbonyl (C=O) groups excluding carboxylic acids is 2. The fourth-order valence-electron chi connectivity index (χ4n) is 11.7. The highest BCUT2D eigenvalue weighted by Gasteiger charge is 2.73. The van der Waals surface area contributed by atoms with E-state index in [1.165, 1.54) is 11.3 Å². The number of nitrogens with zero attached hydrogens (tertiary/aromatic N) is 1. The molecule has 0 aromatic carbocycles. The van der Waals surface area contributed by atoms with Gasteiger partial charge in [-0.15, -0.1) is 11.3 Å². The number of ketones is 1. The number of esters is 1. The summed E-state index contributed by atoms with van der Waals surface area (Å²) in [5.41, 5.74) is -0.744. The smallest absolute Gasteiger partial charge is 0.367 e. The highest BCUT2D eigenvalue weighted by atomic mass is 32.1. The number of aliphatic hydroxyl groups excluding tert-OH is 1. The number of aromatic nitrogens is 1. The van der Waals surface area contributed by atoms with E-state index in [2.05, 4.69) is 55.4 Å². The van der Waals surface area contributed by atoms with Crippen molar-refractivity contribution >= 4 is 23.1 Å². The first-order chi connectivity index (χ1) is 18.9. The van der Waals surface area contributed by atoms with Crippen LogP contribution in [0.1, 0.15) is 128 Å². The zero-order valence-electron chi connectivity index (χ0n) is 26.7. The van der Waals surface area contributed by atoms with E-state index in [0.29, 0.717) is 36.7 Å². The molecule has 228 valence electrons. The number of Topliss-reactive ketones (excluding diaryl/α,β-unsaturated/α-hetero) is 1. The Morgan fingerprint density at radius 1 is 1.05 bits per heavy atom. The second-order valence-corrected chi connectivity index (χ2v) is 17.5. The van der Waals surface area contributed by atoms with Gasteiger partial charge in [0, 0.05) is 22.6 Å². The number of hydrogen-bond donors (Lipinski definition) is 1. The maximum atomic E-state index is 14.5. The average molecular weight is 586 g/mol. The molecule has 4 aliphatic carbocycles. The first kappa shape index (κ1) is 29.7. The Bertz CT molecular complexity index is 1270. The maximum absolute atomic E-state index is 14.5. The standard InChI is InChI=1S/C34H51NO5S/c1-10-39-28(38)27-35-26-22(41-27)18-31(6)23-16-20(36)24-19(34(9)14-11-13-29(2,3)40-34)12-15-32(24,7)33(23,8)17-21(37)25(31)30(26,4)5/h19-20,23-25,36H,10-18H2,1-9H3/t19-,20+,23+,24-,25-,31+,32+,33+,34+/m0/s1. The summed E-state index contributed by atoms with van der Waals surface area (Å²) in [4.78, 5) is 33.1. The molecule has 5 aliphatic rings. The highest BCUT2D eigenvalue weighted by Crippen LogP contribution is 2.75. The van der Waals surface area contributed by atoms with Crippen molar-refractivity contribution in [2.75, 3.05) is 6.61 Å². The van der Waals surface area contributed by atoms with Gasteiger partial charge in [-0.05, 0) is 107 Å². The summed E-state index contributed by atoms with van der Waals surface area (Å²) < 4.78 is 12.2. The second kappa shape index (κ2) is 9.11. The van der Waals surface area contributed by atoms with Crippen LogP contribution < -0.4 is 0 Å². The third kappa shape index (κ3) is 3.96. The summed E-state index contributed by atoms with van der Waals surface area (Å²) in [5.74, 6) is 0.319. The van der Waals surface area contributed by atoms with Crippen LogP contribution in [0.5, 0.6) is 0 Å². The third-order valence-electron chi connectivity index (χ3n) is 13.2. The van der Waals surface area contributed by atoms with Gasteiger partial charge in [0.15, 0.2) is 0 Å². The molecule has 4 fully saturated rings. The quantitative estimate of drug-likeness (QED) is 0.388. The van der Waals surface area contributed by atoms with Crippen molar-refractivity contribution in [3.8, 4) is 0 Å². The lowest BCUT2D eigenvalue weighted by Crippen LogP contribution is -2.68. The normalized spacial score (nSPS) is 46.2. The van der Waals surface area contributed by atoms with Gasteiger partial charge >= 0.3 is 5.97 Å². The molecule has 6 rings (SSSR count). The minimum Gasteiger partial charge on any atom is -0.461 e. The molecule has 0 radical (unpaired) electrons. The third-order valence-corrected chi connectivity index (χ3v) is 14.2. The largest absolute Gasteiger partial charge is 0.461 e. The number of rotatable bonds is 3. The molecule has 6 nitrogen and oxygen atoms in total. The summed E-state index contributed by atoms with van der Waals surface area (Å²) in [6.45, 7) is 20.2. The van der Waals surface area contributed by atoms with Crippen molar-refractivity contribution in [2.24, 2.45) is 39.9 Å². The molecule has 1 aromatic rings. The van der Waals surface area contributed by atoms with Crippen molar-refractivity contribution in [3.63, 3.8) is 0 Å². The van der Waals surface area contributed by atoms with Crippen LogP contribution in [-0.4, -0.2) is 45.8 Å². The molecular formula is C34H51NO5S. The van der Waals surface area contributed by atoms with Gasteiger partial charge in [-0.1, -0.05) is 34.6 Å². The average Bonchev–Trinajstić information content (AvgIpc) is 3.43. The van der Waals surface area contributed by atoms with Gasteiger partial charge in [-0.2, -0.15) is 0 Å². The molecule has 0 bridgehead atoms. The lowest BCUT2D eigenvalue weighted by Gasteiger charge is -2.69. The van der Waals surface area contributed by atoms with Crippen molar-refractivity contribution in [3.05, 3.63) is 15.6 Å². The molecule has 1 aliphatic heterocycles. The van der Waals surface area contributed by atoms with E-state index in [0.717, 1.165) is 42.7 Å². The molecule has 3 saturated carbocycles. The molecule has 0 unspecified atom stereocenters. The molecule has 7 heteroatoms. The Morgan fingerprint density at radius 3 is 2.41 bits per heavy atom. The minimum atomic E-state index is -0.502. The monoisotopic (exact) mass is 585 g/mol. The Morgan fingerprint density at radius 2 is 1.76 bits per heavy atom. The molecule has 0 amide bonds. The Kier molecular flexibility index (Phi) is 6.61. The fraction of sp³-hybridized carbons (Fsp3) is 0.853. The van der Waals surface area contributed by atoms with Gasteiger partial charge in [0.05, 0.1) is 29.6 Å². The van der Waals surface area contributed by atoms with Crippen molar-refractivity contribution in [1.82, 2.24) is 4.98 Å². The van der Waals surface area contributed by atoms with Crippen LogP contribution in [0.25, 0.3) is 0 Å². The van der Waals surface area contributed by atoms with E-state index in [9.17, 15) is 14.7 Å². The van der Waals surface area contributed by atoms with Gasteiger partial charge in [-0.3, -0.25) is 4.79 Å². The Hall–Kier alpha value is -1.31. The lowest BCUT2D eigenvalue weighted by molar-refractivity contribution is -0.239. The van der Waals surface area contributed by atoms with Crippen LogP contribution in [-0.2, 0) is 26.1 Å². The summed E-state index contributed by atoms with van der Waals surface area (Å²) in [6.07, 6.45) is 6.84. The molecule has 2 heterocycles. The SMILES string of the molecule is CCOC(=O)c1nc2c(s1)C[C@]1(C)[C@H]3C[C@@H](O)[C@@H]4[C@@H]([C@@]5(C)CCCC(C)(C)O5)CC[C@@]4(C)[C@]3(C)CC(=O)[C@H]1C2(C)C. The van der Waals surface area contributed by atoms with Crippen LogP contribution >= 0.6 is 11.3 Å². The summed E-state index contributed by atoms with van der Waals surface area (Å²) in [5, 5.41) is 12.6. The molecule has 41 heavy (non-hydrogen) atoms. The lowest BCUT2D eigenvalue weighted by atomic mass is 9.35. The van der Waals surface area contributed by atoms with E-state index in [4.69, 9.17) is 14.5 Å². The molecular weight excluding hydrogens is 534 g/mol. The van der Waals surface area contributed by atoms with Crippen LogP contribution in [0.4, 0.5) is 0 Å². The predicted molar refractivity (Wildman–Crippen MR) is 160 cm³/mol. The van der Waals surface area contributed by atoms with Crippen LogP contribution in [0.15, 0.2) is 0 Å². The summed E-state index contributed by atoms with van der Waals surface area (Å²) in [6, 6.07) is 0. The summed E-state index contributed by atoms with van der Waals surface area (Å²) in [7, 11) is 0. The van der Waals surface area contributed by atoms with Gasteiger partial charge in [0.25, 0.3) is 0 Å². The minimum absolute atomic E-state index is 0.113. The summed E-state index contributed by atoms with van der Waals surface area (Å²) >= 11 is 1.44. The van der Waals surface area contributed by atoms with Gasteiger partial charge in [0.2, 0.25) is 5.01 Å². The van der Waals surface area contributed by atoms with E-state index >= 15 is 0 Å². The molecule has 0 spiro atoms. The van der Waals surface area contributed by atoms with E-state index in [1.807, 2.05) is 6.92 Å². The molecule has 1 N–H and O–H groups in total. The number of thiazole rings is 1. The number of ether oxygens (including phenoxy) is 2. The number of hydrogen-bond acceptors (Lipinski definition) is 7. The van der Waals surface area contributed by atoms with Crippen LogP contribution in [0.3, 0.4) is 0 Å². The fourth-order valence-corrected chi connectivity index (χ4v) is 13.0.